The molecule has 8 heteroatoms. The molecule has 8 nitrogen and oxygen atoms in total. The summed E-state index contributed by atoms with van der Waals surface area (Å²) in [4.78, 5) is 17.8. The number of hydrogen-bond donors (Lipinski definition) is 2. The summed E-state index contributed by atoms with van der Waals surface area (Å²) in [6.07, 6.45) is 3.47. The van der Waals surface area contributed by atoms with Crippen molar-refractivity contribution in [1.29, 1.82) is 0 Å². The molecule has 146 valence electrons. The average Bonchev–Trinajstić information content (AvgIpc) is 3.11. The number of rotatable bonds is 7. The molecule has 0 unspecified atom stereocenters. The number of guanidine groups is 1. The SMILES string of the molecule is CCOC(=O)N1CCC(NC(N)=NCc2cc(C(CC)CC)no2)CC1. The van der Waals surface area contributed by atoms with Gasteiger partial charge in [-0.15, -0.1) is 0 Å². The third-order valence-electron chi connectivity index (χ3n) is 4.76. The molecule has 1 fully saturated rings. The highest BCUT2D eigenvalue weighted by Crippen LogP contribution is 2.22. The summed E-state index contributed by atoms with van der Waals surface area (Å²) in [6, 6.07) is 2.17. The largest absolute Gasteiger partial charge is 0.450 e. The Bertz CT molecular complexity index is 589. The molecule has 0 spiro atoms. The number of likely N-dealkylation sites (tertiary alicyclic amines) is 1. The average molecular weight is 365 g/mol. The summed E-state index contributed by atoms with van der Waals surface area (Å²) in [6.45, 7) is 8.19. The van der Waals surface area contributed by atoms with E-state index in [1.807, 2.05) is 13.0 Å². The number of ether oxygens (including phenoxy) is 1. The standard InChI is InChI=1S/C18H31N5O3/c1-4-13(5-2)16-11-15(26-22-16)12-20-17(19)21-14-7-9-23(10-8-14)18(24)25-6-3/h11,13-14H,4-10,12H2,1-3H3,(H3,19,20,21). The lowest BCUT2D eigenvalue weighted by Gasteiger charge is -2.31. The minimum absolute atomic E-state index is 0.208. The molecule has 0 aromatic carbocycles. The minimum atomic E-state index is -0.244. The molecule has 0 atom stereocenters. The molecule has 2 rings (SSSR count). The van der Waals surface area contributed by atoms with E-state index in [2.05, 4.69) is 29.3 Å². The molecule has 2 heterocycles. The van der Waals surface area contributed by atoms with Crippen molar-refractivity contribution in [3.63, 3.8) is 0 Å². The van der Waals surface area contributed by atoms with Gasteiger partial charge in [0.05, 0.1) is 12.3 Å². The number of nitrogens with two attached hydrogens (primary N) is 1. The molecule has 0 aliphatic carbocycles. The van der Waals surface area contributed by atoms with Crippen LogP contribution in [0.2, 0.25) is 0 Å². The Labute approximate surface area is 155 Å². The number of nitrogens with zero attached hydrogens (tertiary/aromatic N) is 3. The quantitative estimate of drug-likeness (QED) is 0.568. The molecule has 0 saturated carbocycles. The Morgan fingerprint density at radius 3 is 2.73 bits per heavy atom. The Hall–Kier alpha value is -2.25. The summed E-state index contributed by atoms with van der Waals surface area (Å²) in [5.74, 6) is 1.53. The van der Waals surface area contributed by atoms with Crippen molar-refractivity contribution in [2.75, 3.05) is 19.7 Å². The molecule has 0 radical (unpaired) electrons. The first-order chi connectivity index (χ1) is 12.6. The van der Waals surface area contributed by atoms with Crippen LogP contribution in [0, 0.1) is 0 Å². The molecule has 1 aromatic heterocycles. The Balaban J connectivity index is 1.78. The van der Waals surface area contributed by atoms with Crippen molar-refractivity contribution in [3.8, 4) is 0 Å². The number of carbonyl (C=O) groups is 1. The van der Waals surface area contributed by atoms with Gasteiger partial charge in [-0.05, 0) is 32.6 Å². The van der Waals surface area contributed by atoms with Crippen LogP contribution < -0.4 is 11.1 Å². The number of aliphatic imine (C=N–C) groups is 1. The second kappa shape index (κ2) is 10.0. The summed E-state index contributed by atoms with van der Waals surface area (Å²) >= 11 is 0. The van der Waals surface area contributed by atoms with E-state index in [1.54, 1.807) is 4.90 Å². The third kappa shape index (κ3) is 5.64. The first kappa shape index (κ1) is 20.1. The van der Waals surface area contributed by atoms with Crippen LogP contribution in [0.15, 0.2) is 15.6 Å². The number of aromatic nitrogens is 1. The van der Waals surface area contributed by atoms with Gasteiger partial charge in [-0.2, -0.15) is 0 Å². The van der Waals surface area contributed by atoms with Crippen LogP contribution >= 0.6 is 0 Å². The molecule has 1 amide bonds. The van der Waals surface area contributed by atoms with Gasteiger partial charge in [0.15, 0.2) is 11.7 Å². The normalized spacial score (nSPS) is 16.2. The van der Waals surface area contributed by atoms with Crippen LogP contribution in [-0.2, 0) is 11.3 Å². The lowest BCUT2D eigenvalue weighted by Crippen LogP contribution is -2.48. The van der Waals surface area contributed by atoms with Crippen molar-refractivity contribution in [1.82, 2.24) is 15.4 Å². The van der Waals surface area contributed by atoms with Crippen LogP contribution in [0.1, 0.15) is 63.8 Å². The summed E-state index contributed by atoms with van der Waals surface area (Å²) < 4.78 is 10.4. The maximum atomic E-state index is 11.7. The van der Waals surface area contributed by atoms with Gasteiger partial charge in [-0.3, -0.25) is 0 Å². The number of piperidine rings is 1. The van der Waals surface area contributed by atoms with E-state index in [9.17, 15) is 4.79 Å². The smallest absolute Gasteiger partial charge is 0.409 e. The second-order valence-corrected chi connectivity index (χ2v) is 6.54. The third-order valence-corrected chi connectivity index (χ3v) is 4.76. The molecule has 1 aromatic rings. The van der Waals surface area contributed by atoms with Crippen LogP contribution in [0.4, 0.5) is 4.79 Å². The fraction of sp³-hybridized carbons (Fsp3) is 0.722. The molecule has 1 aliphatic rings. The van der Waals surface area contributed by atoms with Crippen LogP contribution in [0.3, 0.4) is 0 Å². The van der Waals surface area contributed by atoms with E-state index in [1.165, 1.54) is 0 Å². The maximum Gasteiger partial charge on any atom is 0.409 e. The predicted molar refractivity (Wildman–Crippen MR) is 99.9 cm³/mol. The van der Waals surface area contributed by atoms with E-state index < -0.39 is 0 Å². The van der Waals surface area contributed by atoms with Crippen LogP contribution in [-0.4, -0.2) is 47.8 Å². The number of carbonyl (C=O) groups excluding carboxylic acids is 1. The maximum absolute atomic E-state index is 11.7. The van der Waals surface area contributed by atoms with Gasteiger partial charge in [-0.25, -0.2) is 9.79 Å². The first-order valence-electron chi connectivity index (χ1n) is 9.50. The molecule has 0 bridgehead atoms. The monoisotopic (exact) mass is 365 g/mol. The highest BCUT2D eigenvalue weighted by atomic mass is 16.6. The van der Waals surface area contributed by atoms with Gasteiger partial charge in [0.25, 0.3) is 0 Å². The van der Waals surface area contributed by atoms with E-state index in [0.717, 1.165) is 31.4 Å². The molecular formula is C18H31N5O3. The van der Waals surface area contributed by atoms with Gasteiger partial charge in [-0.1, -0.05) is 19.0 Å². The molecule has 26 heavy (non-hydrogen) atoms. The topological polar surface area (TPSA) is 106 Å². The molecule has 3 N–H and O–H groups in total. The molecule has 1 aliphatic heterocycles. The number of amides is 1. The van der Waals surface area contributed by atoms with Gasteiger partial charge >= 0.3 is 6.09 Å². The summed E-state index contributed by atoms with van der Waals surface area (Å²) in [7, 11) is 0. The Morgan fingerprint density at radius 2 is 2.12 bits per heavy atom. The van der Waals surface area contributed by atoms with Crippen molar-refractivity contribution in [2.45, 2.75) is 65.0 Å². The number of nitrogens with one attached hydrogen (secondary N) is 1. The highest BCUT2D eigenvalue weighted by molar-refractivity contribution is 5.78. The fourth-order valence-corrected chi connectivity index (χ4v) is 3.14. The zero-order valence-electron chi connectivity index (χ0n) is 16.0. The summed E-state index contributed by atoms with van der Waals surface area (Å²) in [5, 5.41) is 7.36. The van der Waals surface area contributed by atoms with Crippen LogP contribution in [0.5, 0.6) is 0 Å². The van der Waals surface area contributed by atoms with Gasteiger partial charge in [0.1, 0.15) is 6.54 Å². The van der Waals surface area contributed by atoms with Crippen molar-refractivity contribution >= 4 is 12.1 Å². The molecule has 1 saturated heterocycles. The first-order valence-corrected chi connectivity index (χ1v) is 9.50. The van der Waals surface area contributed by atoms with Crippen molar-refractivity contribution in [2.24, 2.45) is 10.7 Å². The Morgan fingerprint density at radius 1 is 1.42 bits per heavy atom. The Kier molecular flexibility index (Phi) is 7.74. The van der Waals surface area contributed by atoms with Crippen molar-refractivity contribution in [3.05, 3.63) is 17.5 Å². The number of hydrogen-bond acceptors (Lipinski definition) is 5. The highest BCUT2D eigenvalue weighted by Gasteiger charge is 2.23. The van der Waals surface area contributed by atoms with Gasteiger partial charge in [0, 0.05) is 31.1 Å². The van der Waals surface area contributed by atoms with E-state index in [4.69, 9.17) is 15.0 Å². The van der Waals surface area contributed by atoms with Gasteiger partial charge in [0.2, 0.25) is 0 Å². The molecular weight excluding hydrogens is 334 g/mol. The lowest BCUT2D eigenvalue weighted by molar-refractivity contribution is 0.0963. The zero-order chi connectivity index (χ0) is 18.9. The van der Waals surface area contributed by atoms with E-state index in [-0.39, 0.29) is 12.1 Å². The fourth-order valence-electron chi connectivity index (χ4n) is 3.14. The zero-order valence-corrected chi connectivity index (χ0v) is 16.0. The van der Waals surface area contributed by atoms with Crippen molar-refractivity contribution < 1.29 is 14.1 Å². The minimum Gasteiger partial charge on any atom is -0.450 e. The summed E-state index contributed by atoms with van der Waals surface area (Å²) in [5.41, 5.74) is 6.97. The van der Waals surface area contributed by atoms with E-state index >= 15 is 0 Å². The van der Waals surface area contributed by atoms with Gasteiger partial charge < -0.3 is 25.2 Å². The van der Waals surface area contributed by atoms with E-state index in [0.29, 0.717) is 43.9 Å². The predicted octanol–water partition coefficient (Wildman–Crippen LogP) is 2.60. The second-order valence-electron chi connectivity index (χ2n) is 6.54. The van der Waals surface area contributed by atoms with Crippen LogP contribution in [0.25, 0.3) is 0 Å². The lowest BCUT2D eigenvalue weighted by atomic mass is 9.99.